The second kappa shape index (κ2) is 7.41. The molecule has 0 atom stereocenters. The molecule has 0 unspecified atom stereocenters. The van der Waals surface area contributed by atoms with Crippen molar-refractivity contribution in [3.05, 3.63) is 77.9 Å². The number of alkyl halides is 3. The lowest BCUT2D eigenvalue weighted by Gasteiger charge is -2.09. The van der Waals surface area contributed by atoms with Gasteiger partial charge in [0.25, 0.3) is 0 Å². The van der Waals surface area contributed by atoms with Gasteiger partial charge in [-0.15, -0.1) is 11.3 Å². The molecule has 4 nitrogen and oxygen atoms in total. The van der Waals surface area contributed by atoms with Crippen LogP contribution in [0.4, 0.5) is 13.2 Å². The first-order chi connectivity index (χ1) is 14.1. The molecule has 0 bridgehead atoms. The zero-order valence-electron chi connectivity index (χ0n) is 15.6. The van der Waals surface area contributed by atoms with Crippen molar-refractivity contribution in [2.45, 2.75) is 11.1 Å². The maximum Gasteiger partial charge on any atom is 0.434 e. The van der Waals surface area contributed by atoms with Crippen LogP contribution in [0.2, 0.25) is 0 Å². The van der Waals surface area contributed by atoms with Crippen LogP contribution in [0.25, 0.3) is 27.5 Å². The molecule has 0 N–H and O–H groups in total. The molecule has 2 heterocycles. The quantitative estimate of drug-likeness (QED) is 0.403. The van der Waals surface area contributed by atoms with E-state index in [4.69, 9.17) is 0 Å². The normalized spacial score (nSPS) is 12.3. The SMILES string of the molecule is CS(=O)(=O)c1ccc(-n2cc(C(F)(F)F)nc2-c2ccc(-c3cccs3)cc2)cc1. The average Bonchev–Trinajstić information content (AvgIpc) is 3.37. The largest absolute Gasteiger partial charge is 0.434 e. The van der Waals surface area contributed by atoms with E-state index in [1.165, 1.54) is 28.8 Å². The van der Waals surface area contributed by atoms with Gasteiger partial charge in [-0.1, -0.05) is 30.3 Å². The minimum atomic E-state index is -4.61. The monoisotopic (exact) mass is 448 g/mol. The van der Waals surface area contributed by atoms with Gasteiger partial charge in [0.15, 0.2) is 15.5 Å². The van der Waals surface area contributed by atoms with E-state index in [2.05, 4.69) is 4.98 Å². The van der Waals surface area contributed by atoms with Crippen molar-refractivity contribution in [1.82, 2.24) is 9.55 Å². The zero-order valence-corrected chi connectivity index (χ0v) is 17.2. The van der Waals surface area contributed by atoms with E-state index in [0.29, 0.717) is 11.3 Å². The van der Waals surface area contributed by atoms with E-state index in [1.807, 2.05) is 29.6 Å². The molecule has 0 radical (unpaired) electrons. The molecule has 0 saturated carbocycles. The predicted octanol–water partition coefficient (Wildman–Crippen LogP) is 5.69. The molecule has 4 rings (SSSR count). The van der Waals surface area contributed by atoms with E-state index in [-0.39, 0.29) is 10.7 Å². The van der Waals surface area contributed by atoms with Crippen molar-refractivity contribution in [3.63, 3.8) is 0 Å². The smallest absolute Gasteiger partial charge is 0.299 e. The van der Waals surface area contributed by atoms with Gasteiger partial charge in [0.05, 0.1) is 4.90 Å². The van der Waals surface area contributed by atoms with E-state index in [1.54, 1.807) is 23.5 Å². The van der Waals surface area contributed by atoms with E-state index < -0.39 is 21.7 Å². The van der Waals surface area contributed by atoms with Crippen LogP contribution in [0.5, 0.6) is 0 Å². The van der Waals surface area contributed by atoms with Gasteiger partial charge in [-0.05, 0) is 41.3 Å². The molecule has 30 heavy (non-hydrogen) atoms. The number of nitrogens with zero attached hydrogens (tertiary/aromatic N) is 2. The lowest BCUT2D eigenvalue weighted by molar-refractivity contribution is -0.140. The molecule has 0 amide bonds. The second-order valence-electron chi connectivity index (χ2n) is 6.64. The number of aromatic nitrogens is 2. The Kier molecular flexibility index (Phi) is 5.03. The third-order valence-corrected chi connectivity index (χ3v) is 6.54. The summed E-state index contributed by atoms with van der Waals surface area (Å²) in [6, 6.07) is 16.6. The lowest BCUT2D eigenvalue weighted by atomic mass is 10.1. The van der Waals surface area contributed by atoms with Gasteiger partial charge in [0.2, 0.25) is 0 Å². The van der Waals surface area contributed by atoms with Crippen molar-refractivity contribution in [3.8, 4) is 27.5 Å². The van der Waals surface area contributed by atoms with Crippen LogP contribution in [-0.2, 0) is 16.0 Å². The number of imidazole rings is 1. The van der Waals surface area contributed by atoms with Gasteiger partial charge in [0.1, 0.15) is 5.82 Å². The summed E-state index contributed by atoms with van der Waals surface area (Å²) in [6.07, 6.45) is -2.62. The Morgan fingerprint density at radius 1 is 0.933 bits per heavy atom. The zero-order chi connectivity index (χ0) is 21.5. The molecule has 0 aliphatic carbocycles. The Labute approximate surface area is 175 Å². The Hall–Kier alpha value is -2.91. The van der Waals surface area contributed by atoms with Gasteiger partial charge in [-0.3, -0.25) is 4.57 Å². The number of hydrogen-bond donors (Lipinski definition) is 0. The van der Waals surface area contributed by atoms with Crippen LogP contribution in [-0.4, -0.2) is 24.2 Å². The summed E-state index contributed by atoms with van der Waals surface area (Å²) in [7, 11) is -3.41. The maximum absolute atomic E-state index is 13.3. The molecular weight excluding hydrogens is 433 g/mol. The fraction of sp³-hybridized carbons (Fsp3) is 0.0952. The molecule has 0 aliphatic heterocycles. The third kappa shape index (κ3) is 4.03. The molecule has 9 heteroatoms. The summed E-state index contributed by atoms with van der Waals surface area (Å²) < 4.78 is 64.6. The molecule has 0 saturated heterocycles. The molecule has 2 aromatic carbocycles. The van der Waals surface area contributed by atoms with Gasteiger partial charge in [-0.2, -0.15) is 13.2 Å². The molecular formula is C21H15F3N2O2S2. The van der Waals surface area contributed by atoms with E-state index >= 15 is 0 Å². The van der Waals surface area contributed by atoms with Crippen molar-refractivity contribution in [2.24, 2.45) is 0 Å². The Balaban J connectivity index is 1.80. The van der Waals surface area contributed by atoms with Crippen LogP contribution in [0, 0.1) is 0 Å². The highest BCUT2D eigenvalue weighted by atomic mass is 32.2. The van der Waals surface area contributed by atoms with Gasteiger partial charge in [0, 0.05) is 28.6 Å². The predicted molar refractivity (Wildman–Crippen MR) is 110 cm³/mol. The Bertz CT molecular complexity index is 1270. The van der Waals surface area contributed by atoms with E-state index in [9.17, 15) is 21.6 Å². The summed E-state index contributed by atoms with van der Waals surface area (Å²) in [5.41, 5.74) is 0.827. The summed E-state index contributed by atoms with van der Waals surface area (Å²) in [6.45, 7) is 0. The number of rotatable bonds is 4. The number of sulfone groups is 1. The number of hydrogen-bond acceptors (Lipinski definition) is 4. The topological polar surface area (TPSA) is 52.0 Å². The molecule has 4 aromatic rings. The Morgan fingerprint density at radius 3 is 2.10 bits per heavy atom. The first kappa shape index (κ1) is 20.4. The minimum absolute atomic E-state index is 0.0873. The van der Waals surface area contributed by atoms with Crippen LogP contribution in [0.3, 0.4) is 0 Å². The standard InChI is InChI=1S/C21H15F3N2O2S2/c1-30(27,28)17-10-8-16(9-11-17)26-13-19(21(22,23)24)25-20(26)15-6-4-14(5-7-15)18-3-2-12-29-18/h2-13H,1H3. The minimum Gasteiger partial charge on any atom is -0.299 e. The van der Waals surface area contributed by atoms with Crippen molar-refractivity contribution < 1.29 is 21.6 Å². The van der Waals surface area contributed by atoms with Crippen LogP contribution in [0.15, 0.2) is 77.1 Å². The summed E-state index contributed by atoms with van der Waals surface area (Å²) >= 11 is 1.57. The average molecular weight is 448 g/mol. The highest BCUT2D eigenvalue weighted by molar-refractivity contribution is 7.90. The molecule has 0 fully saturated rings. The van der Waals surface area contributed by atoms with Crippen LogP contribution in [0.1, 0.15) is 5.69 Å². The van der Waals surface area contributed by atoms with E-state index in [0.717, 1.165) is 22.9 Å². The first-order valence-electron chi connectivity index (χ1n) is 8.74. The van der Waals surface area contributed by atoms with Crippen LogP contribution < -0.4 is 0 Å². The third-order valence-electron chi connectivity index (χ3n) is 4.49. The summed E-state index contributed by atoms with van der Waals surface area (Å²) in [4.78, 5) is 4.95. The van der Waals surface area contributed by atoms with Crippen molar-refractivity contribution >= 4 is 21.2 Å². The van der Waals surface area contributed by atoms with Gasteiger partial charge >= 0.3 is 6.18 Å². The molecule has 2 aromatic heterocycles. The Morgan fingerprint density at radius 2 is 1.57 bits per heavy atom. The molecule has 0 spiro atoms. The van der Waals surface area contributed by atoms with Gasteiger partial charge in [-0.25, -0.2) is 13.4 Å². The van der Waals surface area contributed by atoms with Crippen molar-refractivity contribution in [2.75, 3.05) is 6.26 Å². The molecule has 154 valence electrons. The summed E-state index contributed by atoms with van der Waals surface area (Å²) in [5.74, 6) is 0.118. The van der Waals surface area contributed by atoms with Crippen LogP contribution >= 0.6 is 11.3 Å². The lowest BCUT2D eigenvalue weighted by Crippen LogP contribution is -2.05. The summed E-state index contributed by atoms with van der Waals surface area (Å²) in [5, 5.41) is 1.95. The van der Waals surface area contributed by atoms with Gasteiger partial charge < -0.3 is 0 Å². The molecule has 0 aliphatic rings. The first-order valence-corrected chi connectivity index (χ1v) is 11.5. The number of thiophene rings is 1. The number of benzene rings is 2. The fourth-order valence-electron chi connectivity index (χ4n) is 3.00. The number of halogens is 3. The highest BCUT2D eigenvalue weighted by Gasteiger charge is 2.35. The highest BCUT2D eigenvalue weighted by Crippen LogP contribution is 2.34. The maximum atomic E-state index is 13.3. The fourth-order valence-corrected chi connectivity index (χ4v) is 4.36. The van der Waals surface area contributed by atoms with Crippen molar-refractivity contribution in [1.29, 1.82) is 0 Å². The second-order valence-corrected chi connectivity index (χ2v) is 9.60.